The van der Waals surface area contributed by atoms with E-state index in [0.717, 1.165) is 5.56 Å². The molecule has 4 nitrogen and oxygen atoms in total. The molecule has 0 aromatic heterocycles. The molecule has 2 rings (SSSR count). The van der Waals surface area contributed by atoms with Crippen molar-refractivity contribution in [2.75, 3.05) is 12.4 Å². The third-order valence-electron chi connectivity index (χ3n) is 3.03. The lowest BCUT2D eigenvalue weighted by Crippen LogP contribution is -2.19. The third-order valence-corrected chi connectivity index (χ3v) is 3.95. The molecule has 0 aliphatic heterocycles. The molecular formula is C16H14BrClN2O2. The average Bonchev–Trinajstić information content (AvgIpc) is 2.51. The fourth-order valence-corrected chi connectivity index (χ4v) is 2.45. The quantitative estimate of drug-likeness (QED) is 0.849. The molecule has 0 heterocycles. The van der Waals surface area contributed by atoms with Gasteiger partial charge in [-0.3, -0.25) is 9.59 Å². The van der Waals surface area contributed by atoms with Crippen molar-refractivity contribution < 1.29 is 9.59 Å². The smallest absolute Gasteiger partial charge is 0.256 e. The molecule has 0 atom stereocenters. The zero-order chi connectivity index (χ0) is 16.1. The SMILES string of the molecule is CNC(=O)Cc1ccc(NC(=O)c2cc(Cl)ccc2Br)cc1. The highest BCUT2D eigenvalue weighted by Crippen LogP contribution is 2.22. The van der Waals surface area contributed by atoms with Gasteiger partial charge in [0.2, 0.25) is 5.91 Å². The van der Waals surface area contributed by atoms with Crippen LogP contribution in [0.25, 0.3) is 0 Å². The van der Waals surface area contributed by atoms with Crippen molar-refractivity contribution in [3.05, 3.63) is 63.1 Å². The van der Waals surface area contributed by atoms with Crippen molar-refractivity contribution in [3.63, 3.8) is 0 Å². The molecule has 0 unspecified atom stereocenters. The van der Waals surface area contributed by atoms with Crippen molar-refractivity contribution in [3.8, 4) is 0 Å². The molecule has 0 saturated heterocycles. The van der Waals surface area contributed by atoms with E-state index in [2.05, 4.69) is 26.6 Å². The number of benzene rings is 2. The second kappa shape index (κ2) is 7.42. The van der Waals surface area contributed by atoms with Crippen molar-refractivity contribution in [1.29, 1.82) is 0 Å². The molecule has 22 heavy (non-hydrogen) atoms. The Labute approximate surface area is 142 Å². The lowest BCUT2D eigenvalue weighted by atomic mass is 10.1. The van der Waals surface area contributed by atoms with Crippen molar-refractivity contribution in [2.45, 2.75) is 6.42 Å². The largest absolute Gasteiger partial charge is 0.359 e. The highest BCUT2D eigenvalue weighted by Gasteiger charge is 2.11. The zero-order valence-electron chi connectivity index (χ0n) is 11.8. The summed E-state index contributed by atoms with van der Waals surface area (Å²) in [4.78, 5) is 23.5. The van der Waals surface area contributed by atoms with Gasteiger partial charge in [-0.05, 0) is 51.8 Å². The van der Waals surface area contributed by atoms with E-state index in [1.165, 1.54) is 0 Å². The van der Waals surface area contributed by atoms with Gasteiger partial charge in [-0.15, -0.1) is 0 Å². The first kappa shape index (κ1) is 16.5. The Morgan fingerprint density at radius 3 is 2.45 bits per heavy atom. The molecule has 2 aromatic carbocycles. The number of anilines is 1. The number of carbonyl (C=O) groups is 2. The van der Waals surface area contributed by atoms with Gasteiger partial charge in [0.25, 0.3) is 5.91 Å². The van der Waals surface area contributed by atoms with Crippen molar-refractivity contribution in [1.82, 2.24) is 5.32 Å². The summed E-state index contributed by atoms with van der Waals surface area (Å²) >= 11 is 9.24. The summed E-state index contributed by atoms with van der Waals surface area (Å²) in [6.07, 6.45) is 0.310. The Morgan fingerprint density at radius 1 is 1.14 bits per heavy atom. The zero-order valence-corrected chi connectivity index (χ0v) is 14.2. The summed E-state index contributed by atoms with van der Waals surface area (Å²) in [7, 11) is 1.60. The molecule has 0 saturated carbocycles. The van der Waals surface area contributed by atoms with Crippen LogP contribution >= 0.6 is 27.5 Å². The van der Waals surface area contributed by atoms with E-state index >= 15 is 0 Å². The summed E-state index contributed by atoms with van der Waals surface area (Å²) < 4.78 is 0.672. The number of halogens is 2. The Kier molecular flexibility index (Phi) is 5.57. The first-order chi connectivity index (χ1) is 10.5. The van der Waals surface area contributed by atoms with Gasteiger partial charge in [-0.1, -0.05) is 23.7 Å². The lowest BCUT2D eigenvalue weighted by Gasteiger charge is -2.08. The summed E-state index contributed by atoms with van der Waals surface area (Å²) in [6.45, 7) is 0. The Hall–Kier alpha value is -1.85. The van der Waals surface area contributed by atoms with Gasteiger partial charge in [0.15, 0.2) is 0 Å². The Bertz CT molecular complexity index is 702. The minimum Gasteiger partial charge on any atom is -0.359 e. The maximum absolute atomic E-state index is 12.2. The molecule has 2 aromatic rings. The van der Waals surface area contributed by atoms with E-state index in [1.54, 1.807) is 49.5 Å². The summed E-state index contributed by atoms with van der Waals surface area (Å²) in [5.41, 5.74) is 1.99. The van der Waals surface area contributed by atoms with Crippen LogP contribution in [0.4, 0.5) is 5.69 Å². The van der Waals surface area contributed by atoms with Crippen LogP contribution in [-0.4, -0.2) is 18.9 Å². The predicted octanol–water partition coefficient (Wildman–Crippen LogP) is 3.64. The van der Waals surface area contributed by atoms with Crippen LogP contribution in [0.5, 0.6) is 0 Å². The van der Waals surface area contributed by atoms with Gasteiger partial charge in [-0.25, -0.2) is 0 Å². The van der Waals surface area contributed by atoms with Gasteiger partial charge >= 0.3 is 0 Å². The molecule has 0 aliphatic rings. The molecule has 0 radical (unpaired) electrons. The van der Waals surface area contributed by atoms with Crippen LogP contribution in [0, 0.1) is 0 Å². The molecule has 0 bridgehead atoms. The van der Waals surface area contributed by atoms with Gasteiger partial charge in [0.05, 0.1) is 12.0 Å². The first-order valence-electron chi connectivity index (χ1n) is 6.55. The van der Waals surface area contributed by atoms with Crippen LogP contribution in [0.2, 0.25) is 5.02 Å². The minimum atomic E-state index is -0.256. The molecule has 114 valence electrons. The van der Waals surface area contributed by atoms with E-state index in [-0.39, 0.29) is 11.8 Å². The number of amides is 2. The van der Waals surface area contributed by atoms with Crippen LogP contribution in [0.1, 0.15) is 15.9 Å². The number of carbonyl (C=O) groups excluding carboxylic acids is 2. The summed E-state index contributed by atoms with van der Waals surface area (Å²) in [5, 5.41) is 5.85. The predicted molar refractivity (Wildman–Crippen MR) is 91.3 cm³/mol. The number of hydrogen-bond donors (Lipinski definition) is 2. The molecule has 2 amide bonds. The van der Waals surface area contributed by atoms with Crippen LogP contribution < -0.4 is 10.6 Å². The standard InChI is InChI=1S/C16H14BrClN2O2/c1-19-15(21)8-10-2-5-12(6-3-10)20-16(22)13-9-11(18)4-7-14(13)17/h2-7,9H,8H2,1H3,(H,19,21)(H,20,22). The molecular weight excluding hydrogens is 368 g/mol. The average molecular weight is 382 g/mol. The topological polar surface area (TPSA) is 58.2 Å². The second-order valence-electron chi connectivity index (χ2n) is 4.63. The third kappa shape index (κ3) is 4.32. The molecule has 6 heteroatoms. The van der Waals surface area contributed by atoms with Crippen molar-refractivity contribution in [2.24, 2.45) is 0 Å². The second-order valence-corrected chi connectivity index (χ2v) is 5.92. The maximum atomic E-state index is 12.2. The van der Waals surface area contributed by atoms with Gasteiger partial charge in [0, 0.05) is 22.2 Å². The van der Waals surface area contributed by atoms with Crippen LogP contribution in [0.15, 0.2) is 46.9 Å². The number of nitrogens with one attached hydrogen (secondary N) is 2. The highest BCUT2D eigenvalue weighted by molar-refractivity contribution is 9.10. The summed E-state index contributed by atoms with van der Waals surface area (Å²) in [6, 6.07) is 12.2. The lowest BCUT2D eigenvalue weighted by molar-refractivity contribution is -0.119. The van der Waals surface area contributed by atoms with Crippen LogP contribution in [0.3, 0.4) is 0 Å². The van der Waals surface area contributed by atoms with Gasteiger partial charge in [0.1, 0.15) is 0 Å². The Balaban J connectivity index is 2.08. The number of likely N-dealkylation sites (N-methyl/N-ethyl adjacent to an activating group) is 1. The normalized spacial score (nSPS) is 10.1. The van der Waals surface area contributed by atoms with Crippen LogP contribution in [-0.2, 0) is 11.2 Å². The summed E-state index contributed by atoms with van der Waals surface area (Å²) in [5.74, 6) is -0.312. The fraction of sp³-hybridized carbons (Fsp3) is 0.125. The Morgan fingerprint density at radius 2 is 1.82 bits per heavy atom. The maximum Gasteiger partial charge on any atom is 0.256 e. The van der Waals surface area contributed by atoms with Gasteiger partial charge in [-0.2, -0.15) is 0 Å². The molecule has 2 N–H and O–H groups in total. The van der Waals surface area contributed by atoms with E-state index in [0.29, 0.717) is 27.2 Å². The van der Waals surface area contributed by atoms with Crippen molar-refractivity contribution >= 4 is 45.0 Å². The van der Waals surface area contributed by atoms with E-state index in [4.69, 9.17) is 11.6 Å². The number of hydrogen-bond acceptors (Lipinski definition) is 2. The fourth-order valence-electron chi connectivity index (χ4n) is 1.85. The first-order valence-corrected chi connectivity index (χ1v) is 7.72. The van der Waals surface area contributed by atoms with E-state index < -0.39 is 0 Å². The van der Waals surface area contributed by atoms with E-state index in [1.807, 2.05) is 0 Å². The van der Waals surface area contributed by atoms with Gasteiger partial charge < -0.3 is 10.6 Å². The number of rotatable bonds is 4. The minimum absolute atomic E-state index is 0.0559. The molecule has 0 aliphatic carbocycles. The van der Waals surface area contributed by atoms with E-state index in [9.17, 15) is 9.59 Å². The molecule has 0 spiro atoms. The highest BCUT2D eigenvalue weighted by atomic mass is 79.9. The monoisotopic (exact) mass is 380 g/mol. The molecule has 0 fully saturated rings.